The molecule has 1 amide bonds. The monoisotopic (exact) mass is 276 g/mol. The third-order valence-corrected chi connectivity index (χ3v) is 3.26. The number of carbonyl (C=O) groups is 1. The van der Waals surface area contributed by atoms with Gasteiger partial charge in [0.1, 0.15) is 17.4 Å². The summed E-state index contributed by atoms with van der Waals surface area (Å²) in [6.07, 6.45) is 0.553. The standard InChI is InChI=1S/C15H20N2O3/c1-5-15(3,19-4)14(18)17-12-7-8-13(20-6-2)11(9-12)10-16/h7-9H,5-6H2,1-4H3,(H,17,18). The number of nitriles is 1. The third kappa shape index (κ3) is 3.49. The molecule has 5 nitrogen and oxygen atoms in total. The van der Waals surface area contributed by atoms with Crippen LogP contribution in [-0.2, 0) is 9.53 Å². The van der Waals surface area contributed by atoms with Gasteiger partial charge in [0.15, 0.2) is 0 Å². The number of carbonyl (C=O) groups excluding carboxylic acids is 1. The SMILES string of the molecule is CCOc1ccc(NC(=O)C(C)(CC)OC)cc1C#N. The Morgan fingerprint density at radius 1 is 1.45 bits per heavy atom. The van der Waals surface area contributed by atoms with Crippen molar-refractivity contribution in [3.05, 3.63) is 23.8 Å². The molecule has 0 radical (unpaired) electrons. The fourth-order valence-corrected chi connectivity index (χ4v) is 1.64. The highest BCUT2D eigenvalue weighted by molar-refractivity contribution is 5.97. The number of rotatable bonds is 6. The minimum atomic E-state index is -0.884. The van der Waals surface area contributed by atoms with E-state index in [1.54, 1.807) is 25.1 Å². The molecule has 0 saturated heterocycles. The van der Waals surface area contributed by atoms with Crippen LogP contribution < -0.4 is 10.1 Å². The molecule has 0 aliphatic carbocycles. The van der Waals surface area contributed by atoms with Crippen LogP contribution in [0.15, 0.2) is 18.2 Å². The molecule has 1 atom stereocenters. The lowest BCUT2D eigenvalue weighted by Crippen LogP contribution is -2.41. The van der Waals surface area contributed by atoms with Crippen molar-refractivity contribution in [3.63, 3.8) is 0 Å². The number of ether oxygens (including phenoxy) is 2. The highest BCUT2D eigenvalue weighted by atomic mass is 16.5. The third-order valence-electron chi connectivity index (χ3n) is 3.26. The molecule has 20 heavy (non-hydrogen) atoms. The first-order chi connectivity index (χ1) is 9.50. The number of nitrogens with one attached hydrogen (secondary N) is 1. The zero-order chi connectivity index (χ0) is 15.2. The number of benzene rings is 1. The van der Waals surface area contributed by atoms with E-state index in [2.05, 4.69) is 11.4 Å². The summed E-state index contributed by atoms with van der Waals surface area (Å²) in [6.45, 7) is 5.93. The molecule has 1 rings (SSSR count). The van der Waals surface area contributed by atoms with Crippen LogP contribution in [0, 0.1) is 11.3 Å². The Hall–Kier alpha value is -2.06. The number of amides is 1. The highest BCUT2D eigenvalue weighted by Gasteiger charge is 2.31. The topological polar surface area (TPSA) is 71.3 Å². The molecule has 5 heteroatoms. The van der Waals surface area contributed by atoms with Crippen LogP contribution in [0.3, 0.4) is 0 Å². The van der Waals surface area contributed by atoms with Gasteiger partial charge in [0.05, 0.1) is 12.2 Å². The molecular formula is C15H20N2O3. The molecule has 0 fully saturated rings. The Labute approximate surface area is 119 Å². The van der Waals surface area contributed by atoms with Crippen LogP contribution in [0.1, 0.15) is 32.8 Å². The van der Waals surface area contributed by atoms with Crippen molar-refractivity contribution in [2.45, 2.75) is 32.8 Å². The largest absolute Gasteiger partial charge is 0.492 e. The first kappa shape index (κ1) is 16.0. The fourth-order valence-electron chi connectivity index (χ4n) is 1.64. The number of nitrogens with zero attached hydrogens (tertiary/aromatic N) is 1. The molecular weight excluding hydrogens is 256 g/mol. The Morgan fingerprint density at radius 3 is 2.65 bits per heavy atom. The van der Waals surface area contributed by atoms with Crippen LogP contribution in [0.5, 0.6) is 5.75 Å². The van der Waals surface area contributed by atoms with Gasteiger partial charge in [0.2, 0.25) is 0 Å². The predicted octanol–water partition coefficient (Wildman–Crippen LogP) is 2.71. The highest BCUT2D eigenvalue weighted by Crippen LogP contribution is 2.24. The Morgan fingerprint density at radius 2 is 2.15 bits per heavy atom. The van der Waals surface area contributed by atoms with E-state index in [-0.39, 0.29) is 5.91 Å². The van der Waals surface area contributed by atoms with Crippen LogP contribution in [-0.4, -0.2) is 25.2 Å². The Balaban J connectivity index is 2.94. The second kappa shape index (κ2) is 6.92. The summed E-state index contributed by atoms with van der Waals surface area (Å²) in [5.74, 6) is 0.272. The van der Waals surface area contributed by atoms with Crippen LogP contribution in [0.2, 0.25) is 0 Å². The van der Waals surface area contributed by atoms with E-state index >= 15 is 0 Å². The van der Waals surface area contributed by atoms with Gasteiger partial charge in [-0.15, -0.1) is 0 Å². The lowest BCUT2D eigenvalue weighted by Gasteiger charge is -2.25. The minimum Gasteiger partial charge on any atom is -0.492 e. The zero-order valence-corrected chi connectivity index (χ0v) is 12.3. The number of hydrogen-bond acceptors (Lipinski definition) is 4. The molecule has 1 aromatic rings. The lowest BCUT2D eigenvalue weighted by atomic mass is 10.0. The summed E-state index contributed by atoms with van der Waals surface area (Å²) in [4.78, 5) is 12.2. The maximum atomic E-state index is 12.2. The number of anilines is 1. The van der Waals surface area contributed by atoms with Crippen molar-refractivity contribution in [2.24, 2.45) is 0 Å². The van der Waals surface area contributed by atoms with Gasteiger partial charge in [0.25, 0.3) is 5.91 Å². The summed E-state index contributed by atoms with van der Waals surface area (Å²) < 4.78 is 10.6. The summed E-state index contributed by atoms with van der Waals surface area (Å²) in [6, 6.07) is 7.02. The normalized spacial score (nSPS) is 13.2. The quantitative estimate of drug-likeness (QED) is 0.867. The van der Waals surface area contributed by atoms with Crippen molar-refractivity contribution in [1.29, 1.82) is 5.26 Å². The molecule has 0 aliphatic heterocycles. The van der Waals surface area contributed by atoms with E-state index in [1.807, 2.05) is 13.8 Å². The van der Waals surface area contributed by atoms with Gasteiger partial charge in [0, 0.05) is 12.8 Å². The second-order valence-electron chi connectivity index (χ2n) is 4.50. The number of hydrogen-bond donors (Lipinski definition) is 1. The smallest absolute Gasteiger partial charge is 0.256 e. The lowest BCUT2D eigenvalue weighted by molar-refractivity contribution is -0.136. The van der Waals surface area contributed by atoms with Crippen molar-refractivity contribution in [2.75, 3.05) is 19.0 Å². The minimum absolute atomic E-state index is 0.240. The molecule has 0 bridgehead atoms. The van der Waals surface area contributed by atoms with E-state index in [1.165, 1.54) is 7.11 Å². The van der Waals surface area contributed by atoms with Crippen LogP contribution in [0.25, 0.3) is 0 Å². The molecule has 0 spiro atoms. The van der Waals surface area contributed by atoms with E-state index in [9.17, 15) is 4.79 Å². The Bertz CT molecular complexity index is 516. The first-order valence-electron chi connectivity index (χ1n) is 6.54. The number of methoxy groups -OCH3 is 1. The molecule has 1 N–H and O–H groups in total. The van der Waals surface area contributed by atoms with Crippen LogP contribution >= 0.6 is 0 Å². The summed E-state index contributed by atoms with van der Waals surface area (Å²) in [5.41, 5.74) is 0.0535. The van der Waals surface area contributed by atoms with Gasteiger partial charge in [-0.1, -0.05) is 6.92 Å². The van der Waals surface area contributed by atoms with E-state index in [0.717, 1.165) is 0 Å². The zero-order valence-electron chi connectivity index (χ0n) is 12.3. The summed E-state index contributed by atoms with van der Waals surface area (Å²) >= 11 is 0. The molecule has 1 aromatic carbocycles. The van der Waals surface area contributed by atoms with Gasteiger partial charge in [-0.25, -0.2) is 0 Å². The van der Waals surface area contributed by atoms with Crippen molar-refractivity contribution >= 4 is 11.6 Å². The molecule has 0 aromatic heterocycles. The maximum Gasteiger partial charge on any atom is 0.256 e. The molecule has 1 unspecified atom stereocenters. The Kier molecular flexibility index (Phi) is 5.53. The van der Waals surface area contributed by atoms with Gasteiger partial charge in [-0.3, -0.25) is 4.79 Å². The first-order valence-corrected chi connectivity index (χ1v) is 6.54. The summed E-state index contributed by atoms with van der Waals surface area (Å²) in [7, 11) is 1.50. The molecule has 0 heterocycles. The van der Waals surface area contributed by atoms with Gasteiger partial charge >= 0.3 is 0 Å². The van der Waals surface area contributed by atoms with Crippen molar-refractivity contribution < 1.29 is 14.3 Å². The second-order valence-corrected chi connectivity index (χ2v) is 4.50. The van der Waals surface area contributed by atoms with Gasteiger partial charge in [-0.2, -0.15) is 5.26 Å². The maximum absolute atomic E-state index is 12.2. The predicted molar refractivity (Wildman–Crippen MR) is 76.7 cm³/mol. The molecule has 0 saturated carbocycles. The fraction of sp³-hybridized carbons (Fsp3) is 0.467. The van der Waals surface area contributed by atoms with Crippen molar-refractivity contribution in [3.8, 4) is 11.8 Å². The molecule has 0 aliphatic rings. The van der Waals surface area contributed by atoms with E-state index < -0.39 is 5.60 Å². The average Bonchev–Trinajstić information content (AvgIpc) is 2.47. The summed E-state index contributed by atoms with van der Waals surface area (Å²) in [5, 5.41) is 11.8. The van der Waals surface area contributed by atoms with Gasteiger partial charge < -0.3 is 14.8 Å². The van der Waals surface area contributed by atoms with Crippen LogP contribution in [0.4, 0.5) is 5.69 Å². The van der Waals surface area contributed by atoms with E-state index in [0.29, 0.717) is 30.0 Å². The van der Waals surface area contributed by atoms with Crippen molar-refractivity contribution in [1.82, 2.24) is 0 Å². The average molecular weight is 276 g/mol. The van der Waals surface area contributed by atoms with Gasteiger partial charge in [-0.05, 0) is 38.5 Å². The van der Waals surface area contributed by atoms with E-state index in [4.69, 9.17) is 14.7 Å². The molecule has 108 valence electrons.